The molecule has 2 aromatic carbocycles. The van der Waals surface area contributed by atoms with Crippen molar-refractivity contribution >= 4 is 33.4 Å². The smallest absolute Gasteiger partial charge is 0.321 e. The second kappa shape index (κ2) is 5.24. The number of H-pyrrole nitrogens is 3. The first-order valence-electron chi connectivity index (χ1n) is 7.26. The van der Waals surface area contributed by atoms with Gasteiger partial charge in [0.1, 0.15) is 5.69 Å². The molecule has 2 aromatic heterocycles. The predicted octanol–water partition coefficient (Wildman–Crippen LogP) is 1.95. The quantitative estimate of drug-likeness (QED) is 0.453. The zero-order valence-electron chi connectivity index (χ0n) is 12.3. The molecule has 118 valence electrons. The molecule has 7 heteroatoms. The van der Waals surface area contributed by atoms with E-state index in [-0.39, 0.29) is 16.9 Å². The number of benzene rings is 2. The number of hydrogen-bond donors (Lipinski definition) is 4. The van der Waals surface area contributed by atoms with Crippen LogP contribution in [-0.2, 0) is 0 Å². The number of imidazole rings is 1. The molecule has 4 aromatic rings. The molecule has 0 unspecified atom stereocenters. The molecule has 0 saturated carbocycles. The number of rotatable bonds is 2. The third kappa shape index (κ3) is 2.38. The van der Waals surface area contributed by atoms with Crippen molar-refractivity contribution in [1.29, 1.82) is 0 Å². The summed E-state index contributed by atoms with van der Waals surface area (Å²) in [4.78, 5) is 43.5. The molecule has 0 aliphatic heterocycles. The number of amides is 1. The van der Waals surface area contributed by atoms with Crippen molar-refractivity contribution in [3.05, 3.63) is 75.1 Å². The van der Waals surface area contributed by atoms with Gasteiger partial charge in [0.25, 0.3) is 11.5 Å². The van der Waals surface area contributed by atoms with E-state index in [0.717, 1.165) is 0 Å². The Hall–Kier alpha value is -3.61. The number of anilines is 1. The number of aromatic nitrogens is 3. The van der Waals surface area contributed by atoms with Crippen molar-refractivity contribution in [3.8, 4) is 0 Å². The average Bonchev–Trinajstić information content (AvgIpc) is 2.94. The zero-order valence-corrected chi connectivity index (χ0v) is 12.3. The van der Waals surface area contributed by atoms with Crippen LogP contribution in [0.15, 0.2) is 58.1 Å². The van der Waals surface area contributed by atoms with Crippen LogP contribution in [0, 0.1) is 0 Å². The summed E-state index contributed by atoms with van der Waals surface area (Å²) in [7, 11) is 0. The van der Waals surface area contributed by atoms with Gasteiger partial charge >= 0.3 is 5.69 Å². The first-order valence-corrected chi connectivity index (χ1v) is 7.26. The van der Waals surface area contributed by atoms with Crippen molar-refractivity contribution in [2.24, 2.45) is 0 Å². The maximum atomic E-state index is 12.4. The molecule has 0 atom stereocenters. The Kier molecular flexibility index (Phi) is 3.06. The third-order valence-corrected chi connectivity index (χ3v) is 3.77. The molecule has 0 aliphatic carbocycles. The van der Waals surface area contributed by atoms with E-state index >= 15 is 0 Å². The normalized spacial score (nSPS) is 11.0. The van der Waals surface area contributed by atoms with Gasteiger partial charge in [0.15, 0.2) is 0 Å². The van der Waals surface area contributed by atoms with Crippen LogP contribution < -0.4 is 16.6 Å². The summed E-state index contributed by atoms with van der Waals surface area (Å²) >= 11 is 0. The van der Waals surface area contributed by atoms with Gasteiger partial charge in [-0.2, -0.15) is 0 Å². The van der Waals surface area contributed by atoms with Crippen LogP contribution in [0.4, 0.5) is 5.69 Å². The molecule has 2 heterocycles. The number of pyridine rings is 1. The molecule has 0 saturated heterocycles. The van der Waals surface area contributed by atoms with Crippen molar-refractivity contribution in [1.82, 2.24) is 15.0 Å². The Morgan fingerprint density at radius 2 is 1.67 bits per heavy atom. The Balaban J connectivity index is 1.70. The van der Waals surface area contributed by atoms with Gasteiger partial charge in [0.05, 0.1) is 11.0 Å². The van der Waals surface area contributed by atoms with Crippen molar-refractivity contribution in [3.63, 3.8) is 0 Å². The molecule has 4 rings (SSSR count). The summed E-state index contributed by atoms with van der Waals surface area (Å²) in [6.07, 6.45) is 0. The first-order chi connectivity index (χ1) is 11.6. The molecule has 7 nitrogen and oxygen atoms in total. The minimum absolute atomic E-state index is 0.168. The number of aromatic amines is 3. The van der Waals surface area contributed by atoms with E-state index in [9.17, 15) is 14.4 Å². The standard InChI is InChI=1S/C17H12N4O3/c22-15-11-4-2-1-3-9(11)7-14(19-15)16(23)18-10-5-6-12-13(8-10)21-17(24)20-12/h1-8H,(H,18,23)(H,19,22)(H2,20,21,24). The highest BCUT2D eigenvalue weighted by molar-refractivity contribution is 6.05. The molecule has 0 bridgehead atoms. The molecule has 0 radical (unpaired) electrons. The molecule has 0 aliphatic rings. The SMILES string of the molecule is O=C(Nc1ccc2[nH]c(=O)[nH]c2c1)c1cc2ccccc2c(=O)[nH]1. The van der Waals surface area contributed by atoms with E-state index in [1.54, 1.807) is 48.5 Å². The van der Waals surface area contributed by atoms with Gasteiger partial charge < -0.3 is 20.3 Å². The second-order valence-corrected chi connectivity index (χ2v) is 5.39. The largest absolute Gasteiger partial charge is 0.323 e. The Morgan fingerprint density at radius 1 is 0.875 bits per heavy atom. The van der Waals surface area contributed by atoms with E-state index < -0.39 is 5.91 Å². The number of carbonyl (C=O) groups excluding carboxylic acids is 1. The van der Waals surface area contributed by atoms with Crippen LogP contribution >= 0.6 is 0 Å². The lowest BCUT2D eigenvalue weighted by atomic mass is 10.1. The Morgan fingerprint density at radius 3 is 2.54 bits per heavy atom. The monoisotopic (exact) mass is 320 g/mol. The summed E-state index contributed by atoms with van der Waals surface area (Å²) in [5.74, 6) is -0.435. The molecule has 4 N–H and O–H groups in total. The van der Waals surface area contributed by atoms with Gasteiger partial charge in [0, 0.05) is 11.1 Å². The summed E-state index contributed by atoms with van der Waals surface area (Å²) in [5.41, 5.74) is 1.29. The van der Waals surface area contributed by atoms with E-state index in [1.807, 2.05) is 0 Å². The second-order valence-electron chi connectivity index (χ2n) is 5.39. The summed E-state index contributed by atoms with van der Waals surface area (Å²) in [6, 6.07) is 13.7. The summed E-state index contributed by atoms with van der Waals surface area (Å²) in [6.45, 7) is 0. The fourth-order valence-electron chi connectivity index (χ4n) is 2.64. The highest BCUT2D eigenvalue weighted by atomic mass is 16.2. The predicted molar refractivity (Wildman–Crippen MR) is 91.4 cm³/mol. The summed E-state index contributed by atoms with van der Waals surface area (Å²) in [5, 5.41) is 3.93. The maximum absolute atomic E-state index is 12.4. The van der Waals surface area contributed by atoms with Gasteiger partial charge in [-0.25, -0.2) is 4.79 Å². The minimum atomic E-state index is -0.435. The van der Waals surface area contributed by atoms with Gasteiger partial charge in [-0.3, -0.25) is 9.59 Å². The van der Waals surface area contributed by atoms with Crippen molar-refractivity contribution in [2.45, 2.75) is 0 Å². The van der Waals surface area contributed by atoms with E-state index in [1.165, 1.54) is 0 Å². The number of fused-ring (bicyclic) bond motifs is 2. The number of carbonyl (C=O) groups is 1. The van der Waals surface area contributed by atoms with Crippen LogP contribution in [0.1, 0.15) is 10.5 Å². The third-order valence-electron chi connectivity index (χ3n) is 3.77. The van der Waals surface area contributed by atoms with Crippen molar-refractivity contribution in [2.75, 3.05) is 5.32 Å². The average molecular weight is 320 g/mol. The van der Waals surface area contributed by atoms with Crippen LogP contribution in [0.25, 0.3) is 21.8 Å². The fourth-order valence-corrected chi connectivity index (χ4v) is 2.64. The van der Waals surface area contributed by atoms with Gasteiger partial charge in [-0.15, -0.1) is 0 Å². The van der Waals surface area contributed by atoms with Crippen LogP contribution in [0.5, 0.6) is 0 Å². The van der Waals surface area contributed by atoms with E-state index in [0.29, 0.717) is 27.5 Å². The highest BCUT2D eigenvalue weighted by Gasteiger charge is 2.10. The minimum Gasteiger partial charge on any atom is -0.321 e. The maximum Gasteiger partial charge on any atom is 0.323 e. The molecule has 24 heavy (non-hydrogen) atoms. The van der Waals surface area contributed by atoms with Gasteiger partial charge in [0.2, 0.25) is 0 Å². The molecule has 0 spiro atoms. The fraction of sp³-hybridized carbons (Fsp3) is 0. The van der Waals surface area contributed by atoms with E-state index in [4.69, 9.17) is 0 Å². The lowest BCUT2D eigenvalue weighted by molar-refractivity contribution is 0.102. The van der Waals surface area contributed by atoms with Crippen LogP contribution in [-0.4, -0.2) is 20.9 Å². The summed E-state index contributed by atoms with van der Waals surface area (Å²) < 4.78 is 0. The van der Waals surface area contributed by atoms with Crippen molar-refractivity contribution < 1.29 is 4.79 Å². The van der Waals surface area contributed by atoms with E-state index in [2.05, 4.69) is 20.3 Å². The van der Waals surface area contributed by atoms with Crippen LogP contribution in [0.2, 0.25) is 0 Å². The first kappa shape index (κ1) is 14.0. The number of hydrogen-bond acceptors (Lipinski definition) is 3. The molecule has 0 fully saturated rings. The Labute approximate surface area is 134 Å². The molecular weight excluding hydrogens is 308 g/mol. The molecule has 1 amide bonds. The number of nitrogens with one attached hydrogen (secondary N) is 4. The Bertz CT molecular complexity index is 1200. The van der Waals surface area contributed by atoms with Gasteiger partial charge in [-0.05, 0) is 35.7 Å². The lowest BCUT2D eigenvalue weighted by Crippen LogP contribution is -2.18. The topological polar surface area (TPSA) is 111 Å². The molecular formula is C17H12N4O3. The van der Waals surface area contributed by atoms with Crippen LogP contribution in [0.3, 0.4) is 0 Å². The lowest BCUT2D eigenvalue weighted by Gasteiger charge is -2.06. The highest BCUT2D eigenvalue weighted by Crippen LogP contribution is 2.16. The van der Waals surface area contributed by atoms with Gasteiger partial charge in [-0.1, -0.05) is 18.2 Å². The zero-order chi connectivity index (χ0) is 16.7.